The van der Waals surface area contributed by atoms with Gasteiger partial charge in [0, 0.05) is 25.0 Å². The fraction of sp³-hybridized carbons (Fsp3) is 0.182. The molecule has 0 saturated heterocycles. The molecule has 0 bridgehead atoms. The molecular weight excluding hydrogens is 392 g/mol. The minimum Gasteiger partial charge on any atom is -0.493 e. The predicted molar refractivity (Wildman–Crippen MR) is 112 cm³/mol. The van der Waals surface area contributed by atoms with E-state index < -0.39 is 0 Å². The molecule has 0 unspecified atom stereocenters. The highest BCUT2D eigenvalue weighted by Gasteiger charge is 2.10. The summed E-state index contributed by atoms with van der Waals surface area (Å²) in [5.41, 5.74) is 1.29. The number of carbonyl (C=O) groups excluding carboxylic acids is 1. The molecule has 7 heteroatoms. The number of ether oxygens (including phenoxy) is 3. The summed E-state index contributed by atoms with van der Waals surface area (Å²) in [5, 5.41) is 0.410. The number of methoxy groups -OCH3 is 2. The van der Waals surface area contributed by atoms with E-state index in [1.807, 2.05) is 17.8 Å². The van der Waals surface area contributed by atoms with Crippen molar-refractivity contribution in [1.29, 1.82) is 0 Å². The molecular formula is C22H21ClN2O4. The van der Waals surface area contributed by atoms with Crippen molar-refractivity contribution >= 4 is 23.5 Å². The van der Waals surface area contributed by atoms with E-state index in [9.17, 15) is 4.79 Å². The number of aromatic nitrogens is 2. The second kappa shape index (κ2) is 9.30. The first-order chi connectivity index (χ1) is 14.0. The lowest BCUT2D eigenvalue weighted by atomic mass is 10.1. The van der Waals surface area contributed by atoms with Gasteiger partial charge in [0.05, 0.1) is 19.2 Å². The van der Waals surface area contributed by atoms with Gasteiger partial charge in [-0.25, -0.2) is 4.98 Å². The fourth-order valence-corrected chi connectivity index (χ4v) is 3.00. The molecule has 0 amide bonds. The Morgan fingerprint density at radius 3 is 2.55 bits per heavy atom. The van der Waals surface area contributed by atoms with Crippen LogP contribution in [0.3, 0.4) is 0 Å². The Bertz CT molecular complexity index is 1030. The molecule has 0 saturated carbocycles. The zero-order valence-corrected chi connectivity index (χ0v) is 17.1. The number of aryl methyl sites for hydroxylation is 1. The summed E-state index contributed by atoms with van der Waals surface area (Å²) in [4.78, 5) is 16.7. The van der Waals surface area contributed by atoms with Gasteiger partial charge >= 0.3 is 0 Å². The predicted octanol–water partition coefficient (Wildman–Crippen LogP) is 4.57. The van der Waals surface area contributed by atoms with Gasteiger partial charge < -0.3 is 18.8 Å². The number of hydrogen-bond acceptors (Lipinski definition) is 5. The van der Waals surface area contributed by atoms with Gasteiger partial charge in [-0.15, -0.1) is 0 Å². The first-order valence-corrected chi connectivity index (χ1v) is 9.22. The molecule has 1 heterocycles. The van der Waals surface area contributed by atoms with E-state index in [0.717, 1.165) is 11.4 Å². The highest BCUT2D eigenvalue weighted by Crippen LogP contribution is 2.36. The molecule has 0 N–H and O–H groups in total. The second-order valence-corrected chi connectivity index (χ2v) is 6.61. The summed E-state index contributed by atoms with van der Waals surface area (Å²) in [7, 11) is 4.96. The Balaban J connectivity index is 1.66. The molecule has 3 aromatic rings. The molecule has 1 aromatic heterocycles. The number of halogens is 1. The Kier molecular flexibility index (Phi) is 6.57. The SMILES string of the molecule is COc1cc(C=CC(=O)c2ccc(OCc3nccn3C)cc2)cc(Cl)c1OC. The van der Waals surface area contributed by atoms with Crippen LogP contribution in [0.25, 0.3) is 6.08 Å². The lowest BCUT2D eigenvalue weighted by Gasteiger charge is -2.10. The molecule has 0 spiro atoms. The molecule has 29 heavy (non-hydrogen) atoms. The zero-order valence-electron chi connectivity index (χ0n) is 16.4. The van der Waals surface area contributed by atoms with Crippen LogP contribution in [-0.2, 0) is 13.7 Å². The number of rotatable bonds is 8. The third-order valence-electron chi connectivity index (χ3n) is 4.31. The molecule has 6 nitrogen and oxygen atoms in total. The van der Waals surface area contributed by atoms with Crippen LogP contribution in [0.5, 0.6) is 17.2 Å². The van der Waals surface area contributed by atoms with Crippen LogP contribution >= 0.6 is 11.6 Å². The zero-order chi connectivity index (χ0) is 20.8. The second-order valence-electron chi connectivity index (χ2n) is 6.20. The molecule has 0 fully saturated rings. The fourth-order valence-electron chi connectivity index (χ4n) is 2.70. The van der Waals surface area contributed by atoms with E-state index in [4.69, 9.17) is 25.8 Å². The molecule has 3 rings (SSSR count). The maximum atomic E-state index is 12.5. The van der Waals surface area contributed by atoms with E-state index in [-0.39, 0.29) is 5.78 Å². The van der Waals surface area contributed by atoms with E-state index in [0.29, 0.717) is 34.4 Å². The highest BCUT2D eigenvalue weighted by atomic mass is 35.5. The van der Waals surface area contributed by atoms with Gasteiger partial charge in [-0.1, -0.05) is 17.7 Å². The van der Waals surface area contributed by atoms with Gasteiger partial charge in [0.1, 0.15) is 18.2 Å². The maximum Gasteiger partial charge on any atom is 0.185 e. The van der Waals surface area contributed by atoms with Gasteiger partial charge in [-0.3, -0.25) is 4.79 Å². The van der Waals surface area contributed by atoms with E-state index in [1.165, 1.54) is 20.3 Å². The van der Waals surface area contributed by atoms with Crippen LogP contribution in [0.15, 0.2) is 54.9 Å². The standard InChI is InChI=1S/C22H21ClN2O4/c1-25-11-10-24-21(25)14-29-17-7-5-16(6-8-17)19(26)9-4-15-12-18(23)22(28-3)20(13-15)27-2/h4-13H,14H2,1-3H3. The van der Waals surface area contributed by atoms with E-state index in [2.05, 4.69) is 4.98 Å². The van der Waals surface area contributed by atoms with Crippen molar-refractivity contribution in [2.45, 2.75) is 6.61 Å². The smallest absolute Gasteiger partial charge is 0.185 e. The first kappa shape index (κ1) is 20.5. The first-order valence-electron chi connectivity index (χ1n) is 8.85. The number of hydrogen-bond donors (Lipinski definition) is 0. The molecule has 0 aliphatic rings. The molecule has 0 aliphatic heterocycles. The van der Waals surface area contributed by atoms with Gasteiger partial charge in [0.25, 0.3) is 0 Å². The van der Waals surface area contributed by atoms with E-state index >= 15 is 0 Å². The van der Waals surface area contributed by atoms with Crippen molar-refractivity contribution in [2.24, 2.45) is 7.05 Å². The summed E-state index contributed by atoms with van der Waals surface area (Å²) >= 11 is 6.20. The quantitative estimate of drug-likeness (QED) is 0.400. The number of allylic oxidation sites excluding steroid dienone is 1. The summed E-state index contributed by atoms with van der Waals surface area (Å²) in [5.74, 6) is 2.31. The Hall–Kier alpha value is -3.25. The number of carbonyl (C=O) groups is 1. The maximum absolute atomic E-state index is 12.5. The van der Waals surface area contributed by atoms with Gasteiger partial charge in [0.2, 0.25) is 0 Å². The molecule has 0 radical (unpaired) electrons. The van der Waals surface area contributed by atoms with Gasteiger partial charge in [-0.2, -0.15) is 0 Å². The van der Waals surface area contributed by atoms with Crippen LogP contribution in [0.1, 0.15) is 21.7 Å². The van der Waals surface area contributed by atoms with Crippen LogP contribution < -0.4 is 14.2 Å². The van der Waals surface area contributed by atoms with Gasteiger partial charge in [0.15, 0.2) is 17.3 Å². The van der Waals surface area contributed by atoms with E-state index in [1.54, 1.807) is 48.7 Å². The topological polar surface area (TPSA) is 62.6 Å². The number of ketones is 1. The monoisotopic (exact) mass is 412 g/mol. The van der Waals surface area contributed by atoms with Crippen LogP contribution in [-0.4, -0.2) is 29.6 Å². The Morgan fingerprint density at radius 2 is 1.93 bits per heavy atom. The lowest BCUT2D eigenvalue weighted by Crippen LogP contribution is -2.03. The normalized spacial score (nSPS) is 10.9. The summed E-state index contributed by atoms with van der Waals surface area (Å²) in [6, 6.07) is 10.4. The Morgan fingerprint density at radius 1 is 1.17 bits per heavy atom. The minimum atomic E-state index is -0.133. The largest absolute Gasteiger partial charge is 0.493 e. The third-order valence-corrected chi connectivity index (χ3v) is 4.59. The average Bonchev–Trinajstić information content (AvgIpc) is 3.15. The van der Waals surface area contributed by atoms with Crippen molar-refractivity contribution in [3.63, 3.8) is 0 Å². The van der Waals surface area contributed by atoms with Crippen molar-refractivity contribution < 1.29 is 19.0 Å². The average molecular weight is 413 g/mol. The summed E-state index contributed by atoms with van der Waals surface area (Å²) < 4.78 is 18.1. The van der Waals surface area contributed by atoms with Crippen molar-refractivity contribution in [2.75, 3.05) is 14.2 Å². The van der Waals surface area contributed by atoms with Crippen molar-refractivity contribution in [3.05, 3.63) is 76.8 Å². The molecule has 0 aliphatic carbocycles. The molecule has 0 atom stereocenters. The number of nitrogens with zero attached hydrogens (tertiary/aromatic N) is 2. The van der Waals surface area contributed by atoms with Crippen LogP contribution in [0.4, 0.5) is 0 Å². The summed E-state index contributed by atoms with van der Waals surface area (Å²) in [6.45, 7) is 0.358. The van der Waals surface area contributed by atoms with Crippen molar-refractivity contribution in [3.8, 4) is 17.2 Å². The molecule has 150 valence electrons. The Labute approximate surface area is 174 Å². The summed E-state index contributed by atoms with van der Waals surface area (Å²) in [6.07, 6.45) is 6.75. The lowest BCUT2D eigenvalue weighted by molar-refractivity contribution is 0.104. The third kappa shape index (κ3) is 4.97. The van der Waals surface area contributed by atoms with Crippen molar-refractivity contribution in [1.82, 2.24) is 9.55 Å². The van der Waals surface area contributed by atoms with Crippen LogP contribution in [0.2, 0.25) is 5.02 Å². The molecule has 2 aromatic carbocycles. The minimum absolute atomic E-state index is 0.133. The van der Waals surface area contributed by atoms with Gasteiger partial charge in [-0.05, 0) is 48.0 Å². The number of imidazole rings is 1. The number of benzene rings is 2. The van der Waals surface area contributed by atoms with Crippen LogP contribution in [0, 0.1) is 0 Å². The highest BCUT2D eigenvalue weighted by molar-refractivity contribution is 6.32.